The van der Waals surface area contributed by atoms with E-state index in [-0.39, 0.29) is 17.1 Å². The quantitative estimate of drug-likeness (QED) is 0.651. The molecule has 1 saturated carbocycles. The predicted molar refractivity (Wildman–Crippen MR) is 68.6 cm³/mol. The number of ether oxygens (including phenoxy) is 1. The monoisotopic (exact) mass is 281 g/mol. The zero-order valence-electron chi connectivity index (χ0n) is 10.3. The van der Waals surface area contributed by atoms with E-state index < -0.39 is 9.84 Å². The maximum absolute atomic E-state index is 12.0. The minimum absolute atomic E-state index is 0.0881. The van der Waals surface area contributed by atoms with Crippen molar-refractivity contribution in [2.24, 2.45) is 5.92 Å². The lowest BCUT2D eigenvalue weighted by molar-refractivity contribution is -0.140. The van der Waals surface area contributed by atoms with Gasteiger partial charge in [-0.2, -0.15) is 0 Å². The molecular formula is C13H15NO4S. The second kappa shape index (κ2) is 4.61. The third-order valence-corrected chi connectivity index (χ3v) is 5.73. The summed E-state index contributed by atoms with van der Waals surface area (Å²) in [6, 6.07) is 6.10. The molecule has 1 N–H and O–H groups in total. The van der Waals surface area contributed by atoms with Crippen LogP contribution < -0.4 is 10.1 Å². The Kier molecular flexibility index (Phi) is 3.06. The van der Waals surface area contributed by atoms with E-state index in [0.717, 1.165) is 12.8 Å². The molecule has 5 nitrogen and oxygen atoms in total. The molecule has 102 valence electrons. The molecule has 1 aromatic carbocycles. The molecule has 0 amide bonds. The van der Waals surface area contributed by atoms with Crippen LogP contribution in [0, 0.1) is 5.92 Å². The van der Waals surface area contributed by atoms with Gasteiger partial charge in [0, 0.05) is 13.1 Å². The average molecular weight is 281 g/mol. The first-order chi connectivity index (χ1) is 9.07. The van der Waals surface area contributed by atoms with Crippen LogP contribution in [0.4, 0.5) is 0 Å². The molecule has 3 rings (SSSR count). The fourth-order valence-electron chi connectivity index (χ4n) is 1.92. The van der Waals surface area contributed by atoms with Crippen molar-refractivity contribution in [3.63, 3.8) is 0 Å². The number of esters is 1. The SMILES string of the molecule is O=C(Oc1ccc(S(=O)(=O)C2CC2)cc1)C1CNC1. The highest BCUT2D eigenvalue weighted by Crippen LogP contribution is 2.33. The van der Waals surface area contributed by atoms with E-state index >= 15 is 0 Å². The van der Waals surface area contributed by atoms with Crippen LogP contribution in [0.1, 0.15) is 12.8 Å². The molecule has 6 heteroatoms. The minimum Gasteiger partial charge on any atom is -0.426 e. The molecular weight excluding hydrogens is 266 g/mol. The number of nitrogens with one attached hydrogen (secondary N) is 1. The Morgan fingerprint density at radius 1 is 1.16 bits per heavy atom. The van der Waals surface area contributed by atoms with Crippen molar-refractivity contribution in [2.45, 2.75) is 23.0 Å². The van der Waals surface area contributed by atoms with Crippen LogP contribution >= 0.6 is 0 Å². The summed E-state index contributed by atoms with van der Waals surface area (Å²) >= 11 is 0. The van der Waals surface area contributed by atoms with Gasteiger partial charge in [0.15, 0.2) is 9.84 Å². The molecule has 0 unspecified atom stereocenters. The van der Waals surface area contributed by atoms with Crippen molar-refractivity contribution in [2.75, 3.05) is 13.1 Å². The third-order valence-electron chi connectivity index (χ3n) is 3.45. The number of rotatable bonds is 4. The first-order valence-electron chi connectivity index (χ1n) is 6.34. The third kappa shape index (κ3) is 2.50. The Morgan fingerprint density at radius 3 is 2.26 bits per heavy atom. The molecule has 19 heavy (non-hydrogen) atoms. The van der Waals surface area contributed by atoms with Gasteiger partial charge in [-0.15, -0.1) is 0 Å². The maximum atomic E-state index is 12.0. The molecule has 1 aliphatic carbocycles. The highest BCUT2D eigenvalue weighted by atomic mass is 32.2. The molecule has 1 aromatic rings. The Bertz CT molecular complexity index is 586. The van der Waals surface area contributed by atoms with Gasteiger partial charge in [-0.05, 0) is 37.1 Å². The van der Waals surface area contributed by atoms with Crippen LogP contribution in [0.25, 0.3) is 0 Å². The molecule has 0 aromatic heterocycles. The van der Waals surface area contributed by atoms with Crippen LogP contribution in [0.5, 0.6) is 5.75 Å². The van der Waals surface area contributed by atoms with E-state index in [0.29, 0.717) is 23.7 Å². The van der Waals surface area contributed by atoms with Crippen LogP contribution in [-0.4, -0.2) is 32.7 Å². The van der Waals surface area contributed by atoms with Gasteiger partial charge in [0.05, 0.1) is 16.1 Å². The van der Waals surface area contributed by atoms with Crippen LogP contribution in [-0.2, 0) is 14.6 Å². The lowest BCUT2D eigenvalue weighted by atomic mass is 10.0. The zero-order valence-corrected chi connectivity index (χ0v) is 11.2. The van der Waals surface area contributed by atoms with E-state index in [1.807, 2.05) is 0 Å². The second-order valence-electron chi connectivity index (χ2n) is 4.99. The van der Waals surface area contributed by atoms with Crippen molar-refractivity contribution >= 4 is 15.8 Å². The average Bonchev–Trinajstić information content (AvgIpc) is 3.11. The largest absolute Gasteiger partial charge is 0.426 e. The van der Waals surface area contributed by atoms with E-state index in [9.17, 15) is 13.2 Å². The lowest BCUT2D eigenvalue weighted by Gasteiger charge is -2.24. The topological polar surface area (TPSA) is 72.5 Å². The maximum Gasteiger partial charge on any atom is 0.316 e. The summed E-state index contributed by atoms with van der Waals surface area (Å²) in [5.41, 5.74) is 0. The standard InChI is InChI=1S/C13H15NO4S/c15-13(9-7-14-8-9)18-10-1-3-11(4-2-10)19(16,17)12-5-6-12/h1-4,9,12,14H,5-8H2. The summed E-state index contributed by atoms with van der Waals surface area (Å²) in [6.45, 7) is 1.29. The van der Waals surface area contributed by atoms with Crippen molar-refractivity contribution in [1.82, 2.24) is 5.32 Å². The van der Waals surface area contributed by atoms with Gasteiger partial charge in [0.1, 0.15) is 5.75 Å². The van der Waals surface area contributed by atoms with E-state index in [1.165, 1.54) is 12.1 Å². The first-order valence-corrected chi connectivity index (χ1v) is 7.88. The molecule has 0 radical (unpaired) electrons. The molecule has 0 spiro atoms. The van der Waals surface area contributed by atoms with Gasteiger partial charge < -0.3 is 10.1 Å². The molecule has 1 saturated heterocycles. The summed E-state index contributed by atoms with van der Waals surface area (Å²) in [6.07, 6.45) is 1.49. The Morgan fingerprint density at radius 2 is 1.79 bits per heavy atom. The summed E-state index contributed by atoms with van der Waals surface area (Å²) in [5.74, 6) is 0.0399. The number of carbonyl (C=O) groups is 1. The summed E-state index contributed by atoms with van der Waals surface area (Å²) in [7, 11) is -3.17. The lowest BCUT2D eigenvalue weighted by Crippen LogP contribution is -2.48. The highest BCUT2D eigenvalue weighted by Gasteiger charge is 2.36. The number of hydrogen-bond acceptors (Lipinski definition) is 5. The number of benzene rings is 1. The predicted octanol–water partition coefficient (Wildman–Crippen LogP) is 0.747. The zero-order chi connectivity index (χ0) is 13.5. The molecule has 0 bridgehead atoms. The van der Waals surface area contributed by atoms with Crippen LogP contribution in [0.2, 0.25) is 0 Å². The van der Waals surface area contributed by atoms with E-state index in [1.54, 1.807) is 12.1 Å². The molecule has 2 fully saturated rings. The summed E-state index contributed by atoms with van der Waals surface area (Å²) in [4.78, 5) is 11.9. The van der Waals surface area contributed by atoms with Crippen molar-refractivity contribution in [3.05, 3.63) is 24.3 Å². The van der Waals surface area contributed by atoms with Crippen molar-refractivity contribution in [1.29, 1.82) is 0 Å². The Hall–Kier alpha value is -1.40. The van der Waals surface area contributed by atoms with Gasteiger partial charge in [-0.1, -0.05) is 0 Å². The Labute approximate surface area is 111 Å². The number of sulfone groups is 1. The summed E-state index contributed by atoms with van der Waals surface area (Å²) < 4.78 is 29.1. The van der Waals surface area contributed by atoms with Gasteiger partial charge in [0.2, 0.25) is 0 Å². The normalized spacial score (nSPS) is 19.8. The van der Waals surface area contributed by atoms with Gasteiger partial charge in [-0.3, -0.25) is 4.79 Å². The van der Waals surface area contributed by atoms with Crippen molar-refractivity contribution in [3.8, 4) is 5.75 Å². The van der Waals surface area contributed by atoms with Crippen molar-refractivity contribution < 1.29 is 17.9 Å². The van der Waals surface area contributed by atoms with Crippen LogP contribution in [0.3, 0.4) is 0 Å². The molecule has 1 heterocycles. The van der Waals surface area contributed by atoms with E-state index in [2.05, 4.69) is 5.32 Å². The number of carbonyl (C=O) groups excluding carboxylic acids is 1. The highest BCUT2D eigenvalue weighted by molar-refractivity contribution is 7.92. The Balaban J connectivity index is 1.70. The second-order valence-corrected chi connectivity index (χ2v) is 7.22. The fourth-order valence-corrected chi connectivity index (χ4v) is 3.58. The molecule has 0 atom stereocenters. The van der Waals surface area contributed by atoms with Gasteiger partial charge in [0.25, 0.3) is 0 Å². The van der Waals surface area contributed by atoms with E-state index in [4.69, 9.17) is 4.74 Å². The first kappa shape index (κ1) is 12.6. The number of hydrogen-bond donors (Lipinski definition) is 1. The smallest absolute Gasteiger partial charge is 0.316 e. The fraction of sp³-hybridized carbons (Fsp3) is 0.462. The minimum atomic E-state index is -3.17. The summed E-state index contributed by atoms with van der Waals surface area (Å²) in [5, 5.41) is 2.78. The van der Waals surface area contributed by atoms with Crippen LogP contribution in [0.15, 0.2) is 29.2 Å². The molecule has 1 aliphatic heterocycles. The van der Waals surface area contributed by atoms with Gasteiger partial charge in [-0.25, -0.2) is 8.42 Å². The molecule has 2 aliphatic rings. The van der Waals surface area contributed by atoms with Gasteiger partial charge >= 0.3 is 5.97 Å².